The van der Waals surface area contributed by atoms with Crippen molar-refractivity contribution in [3.8, 4) is 0 Å². The molecule has 0 amide bonds. The van der Waals surface area contributed by atoms with Gasteiger partial charge in [0.15, 0.2) is 0 Å². The van der Waals surface area contributed by atoms with Crippen LogP contribution in [0.3, 0.4) is 0 Å². The molecule has 3 saturated heterocycles. The predicted octanol–water partition coefficient (Wildman–Crippen LogP) is 11.6. The highest BCUT2D eigenvalue weighted by Gasteiger charge is 2.45. The van der Waals surface area contributed by atoms with Crippen molar-refractivity contribution < 1.29 is 0 Å². The minimum atomic E-state index is 0.746. The molecule has 2 aromatic rings. The molecule has 5 fully saturated rings. The zero-order valence-electron chi connectivity index (χ0n) is 32.6. The summed E-state index contributed by atoms with van der Waals surface area (Å²) >= 11 is 0. The maximum Gasteiger partial charge on any atom is 0.0366 e. The van der Waals surface area contributed by atoms with E-state index < -0.39 is 0 Å². The lowest BCUT2D eigenvalue weighted by molar-refractivity contribution is -0.0183. The fourth-order valence-corrected chi connectivity index (χ4v) is 9.57. The average Bonchev–Trinajstić information content (AvgIpc) is 3.82. The molecule has 0 aromatic heterocycles. The summed E-state index contributed by atoms with van der Waals surface area (Å²) in [5.74, 6) is 2.67. The molecule has 0 N–H and O–H groups in total. The summed E-state index contributed by atoms with van der Waals surface area (Å²) in [5.41, 5.74) is 5.80. The Morgan fingerprint density at radius 2 is 1.33 bits per heavy atom. The second kappa shape index (κ2) is 19.5. The highest BCUT2D eigenvalue weighted by atomic mass is 15.2. The van der Waals surface area contributed by atoms with Crippen LogP contribution in [0.4, 0.5) is 5.69 Å². The van der Waals surface area contributed by atoms with Crippen molar-refractivity contribution in [1.29, 1.82) is 0 Å². The van der Waals surface area contributed by atoms with Crippen LogP contribution in [-0.2, 0) is 0 Å². The van der Waals surface area contributed by atoms with Crippen molar-refractivity contribution >= 4 is 5.69 Å². The van der Waals surface area contributed by atoms with Crippen molar-refractivity contribution in [1.82, 2.24) is 9.80 Å². The van der Waals surface area contributed by atoms with Gasteiger partial charge in [0, 0.05) is 31.9 Å². The fraction of sp³-hybridized carbons (Fsp3) is 0.733. The monoisotopic (exact) mass is 658 g/mol. The lowest BCUT2D eigenvalue weighted by Gasteiger charge is -2.52. The van der Waals surface area contributed by atoms with Crippen LogP contribution in [0.15, 0.2) is 54.6 Å². The number of hydrogen-bond donors (Lipinski definition) is 0. The first-order chi connectivity index (χ1) is 23.3. The summed E-state index contributed by atoms with van der Waals surface area (Å²) in [6, 6.07) is 20.0. The Hall–Kier alpha value is -1.84. The second-order valence-electron chi connectivity index (χ2n) is 16.3. The van der Waals surface area contributed by atoms with Gasteiger partial charge in [-0.2, -0.15) is 0 Å². The molecule has 5 aliphatic rings. The summed E-state index contributed by atoms with van der Waals surface area (Å²) in [5, 5.41) is 0. The van der Waals surface area contributed by atoms with Crippen molar-refractivity contribution in [2.24, 2.45) is 22.7 Å². The maximum absolute atomic E-state index is 2.74. The van der Waals surface area contributed by atoms with Gasteiger partial charge in [-0.15, -0.1) is 0 Å². The number of anilines is 1. The molecule has 0 radical (unpaired) electrons. The maximum atomic E-state index is 2.74. The minimum Gasteiger partial charge on any atom is -0.371 e. The zero-order valence-corrected chi connectivity index (χ0v) is 32.6. The highest BCUT2D eigenvalue weighted by molar-refractivity contribution is 5.48. The highest BCUT2D eigenvalue weighted by Crippen LogP contribution is 2.53. The van der Waals surface area contributed by atoms with E-state index in [1.54, 1.807) is 5.56 Å². The van der Waals surface area contributed by atoms with Gasteiger partial charge in [-0.1, -0.05) is 121 Å². The standard InChI is InChI=1S/C20H30N2.C13H19N.C10H20.C2H6/c1-21-11-8-20(9-12-21)13-17(14-20)15-22-10-7-19(16-22)18-5-3-2-4-6-18;1-3-12-8-9-14(10-12)13-6-4-11(2)5-7-13;1-3-10(4-2)8-6-5-7-9-10;1-2/h2-6,17,19H,7-16H2,1H3;4-7,12H,3,8-10H2,1-2H3;3-9H2,1-2H3;1-2H3. The molecular weight excluding hydrogens is 583 g/mol. The fourth-order valence-electron chi connectivity index (χ4n) is 9.57. The van der Waals surface area contributed by atoms with E-state index >= 15 is 0 Å². The molecule has 1 spiro atoms. The van der Waals surface area contributed by atoms with Gasteiger partial charge in [0.05, 0.1) is 0 Å². The molecule has 2 aliphatic carbocycles. The summed E-state index contributed by atoms with van der Waals surface area (Å²) in [7, 11) is 2.27. The van der Waals surface area contributed by atoms with Gasteiger partial charge in [0.25, 0.3) is 0 Å². The summed E-state index contributed by atoms with van der Waals surface area (Å²) in [4.78, 5) is 7.75. The van der Waals surface area contributed by atoms with E-state index in [4.69, 9.17) is 0 Å². The Labute approximate surface area is 298 Å². The third-order valence-corrected chi connectivity index (χ3v) is 13.2. The Bertz CT molecular complexity index is 1110. The number of likely N-dealkylation sites (tertiary alicyclic amines) is 2. The van der Waals surface area contributed by atoms with Gasteiger partial charge in [-0.05, 0) is 131 Å². The van der Waals surface area contributed by atoms with Crippen molar-refractivity contribution in [2.45, 2.75) is 137 Å². The van der Waals surface area contributed by atoms with Crippen LogP contribution in [-0.4, -0.2) is 62.7 Å². The van der Waals surface area contributed by atoms with Crippen LogP contribution < -0.4 is 4.90 Å². The number of rotatable bonds is 7. The molecule has 2 aromatic carbocycles. The van der Waals surface area contributed by atoms with Gasteiger partial charge >= 0.3 is 0 Å². The SMILES string of the molecule is CC.CCC1(CC)CCCCC1.CCC1CCN(c2ccc(C)cc2)C1.CN1CCC2(CC1)CC(CN1CCC(c3ccccc3)C1)C2. The molecule has 270 valence electrons. The number of nitrogens with zero attached hydrogens (tertiary/aromatic N) is 3. The van der Waals surface area contributed by atoms with E-state index in [0.717, 1.165) is 28.6 Å². The van der Waals surface area contributed by atoms with E-state index in [2.05, 4.69) is 104 Å². The topological polar surface area (TPSA) is 9.72 Å². The van der Waals surface area contributed by atoms with Gasteiger partial charge in [-0.25, -0.2) is 0 Å². The van der Waals surface area contributed by atoms with Crippen LogP contribution in [0, 0.1) is 29.6 Å². The molecule has 7 rings (SSSR count). The molecule has 3 nitrogen and oxygen atoms in total. The van der Waals surface area contributed by atoms with Crippen LogP contribution in [0.2, 0.25) is 0 Å². The largest absolute Gasteiger partial charge is 0.371 e. The zero-order chi connectivity index (χ0) is 34.4. The molecule has 2 atom stereocenters. The molecule has 2 saturated carbocycles. The Kier molecular flexibility index (Phi) is 15.8. The third-order valence-electron chi connectivity index (χ3n) is 13.2. The van der Waals surface area contributed by atoms with Crippen molar-refractivity contribution in [3.05, 3.63) is 65.7 Å². The van der Waals surface area contributed by atoms with E-state index in [0.29, 0.717) is 0 Å². The molecule has 48 heavy (non-hydrogen) atoms. The Balaban J connectivity index is 0.000000172. The quantitative estimate of drug-likeness (QED) is 0.293. The van der Waals surface area contributed by atoms with Crippen LogP contribution >= 0.6 is 0 Å². The van der Waals surface area contributed by atoms with Crippen LogP contribution in [0.5, 0.6) is 0 Å². The van der Waals surface area contributed by atoms with E-state index in [-0.39, 0.29) is 0 Å². The first kappa shape index (κ1) is 39.0. The molecule has 3 aliphatic heterocycles. The summed E-state index contributed by atoms with van der Waals surface area (Å²) in [6.07, 6.45) is 20.2. The van der Waals surface area contributed by atoms with Crippen LogP contribution in [0.25, 0.3) is 0 Å². The lowest BCUT2D eigenvalue weighted by Crippen LogP contribution is -2.48. The normalized spacial score (nSPS) is 25.2. The third kappa shape index (κ3) is 11.1. The number of benzene rings is 2. The van der Waals surface area contributed by atoms with Crippen molar-refractivity contribution in [2.75, 3.05) is 57.8 Å². The predicted molar refractivity (Wildman–Crippen MR) is 211 cm³/mol. The van der Waals surface area contributed by atoms with Gasteiger partial charge < -0.3 is 14.7 Å². The van der Waals surface area contributed by atoms with Crippen molar-refractivity contribution in [3.63, 3.8) is 0 Å². The molecule has 2 unspecified atom stereocenters. The lowest BCUT2D eigenvalue weighted by atomic mass is 9.57. The first-order valence-corrected chi connectivity index (χ1v) is 20.6. The van der Waals surface area contributed by atoms with E-state index in [9.17, 15) is 0 Å². The summed E-state index contributed by atoms with van der Waals surface area (Å²) in [6.45, 7) is 22.2. The molecule has 3 heterocycles. The van der Waals surface area contributed by atoms with Gasteiger partial charge in [0.1, 0.15) is 0 Å². The van der Waals surface area contributed by atoms with Gasteiger partial charge in [0.2, 0.25) is 0 Å². The number of piperidine rings is 1. The van der Waals surface area contributed by atoms with E-state index in [1.165, 1.54) is 147 Å². The second-order valence-corrected chi connectivity index (χ2v) is 16.3. The molecule has 3 heteroatoms. The average molecular weight is 658 g/mol. The Morgan fingerprint density at radius 3 is 1.90 bits per heavy atom. The van der Waals surface area contributed by atoms with Gasteiger partial charge in [-0.3, -0.25) is 0 Å². The Morgan fingerprint density at radius 1 is 0.688 bits per heavy atom. The number of aryl methyl sites for hydroxylation is 1. The summed E-state index contributed by atoms with van der Waals surface area (Å²) < 4.78 is 0. The number of hydrogen-bond acceptors (Lipinski definition) is 3. The van der Waals surface area contributed by atoms with Crippen LogP contribution in [0.1, 0.15) is 142 Å². The molecule has 0 bridgehead atoms. The molecular formula is C45H75N3. The first-order valence-electron chi connectivity index (χ1n) is 20.6. The smallest absolute Gasteiger partial charge is 0.0366 e. The minimum absolute atomic E-state index is 0.746. The van der Waals surface area contributed by atoms with E-state index in [1.807, 2.05) is 13.8 Å².